The van der Waals surface area contributed by atoms with Gasteiger partial charge < -0.3 is 9.72 Å². The largest absolute Gasteiger partial charge is 0.480 e. The first-order chi connectivity index (χ1) is 6.70. The Balaban J connectivity index is 2.88. The summed E-state index contributed by atoms with van der Waals surface area (Å²) in [6.45, 7) is 0. The maximum Gasteiger partial charge on any atom is 0.348 e. The smallest absolute Gasteiger partial charge is 0.348 e. The van der Waals surface area contributed by atoms with Crippen molar-refractivity contribution in [1.82, 2.24) is 9.97 Å². The fourth-order valence-electron chi connectivity index (χ4n) is 1.25. The van der Waals surface area contributed by atoms with Gasteiger partial charge in [-0.05, 0) is 18.2 Å². The van der Waals surface area contributed by atoms with Crippen LogP contribution < -0.4 is 10.4 Å². The lowest BCUT2D eigenvalue weighted by Crippen LogP contribution is -2.11. The summed E-state index contributed by atoms with van der Waals surface area (Å²) in [4.78, 5) is 17.4. The molecule has 0 amide bonds. The summed E-state index contributed by atoms with van der Waals surface area (Å²) in [5.41, 5.74) is 0.307. The number of aromatic nitrogens is 2. The summed E-state index contributed by atoms with van der Waals surface area (Å²) in [7, 11) is 1.49. The van der Waals surface area contributed by atoms with Crippen LogP contribution >= 0.6 is 15.9 Å². The van der Waals surface area contributed by atoms with E-state index in [1.807, 2.05) is 12.1 Å². The van der Waals surface area contributed by atoms with Crippen LogP contribution in [0.4, 0.5) is 0 Å². The highest BCUT2D eigenvalue weighted by Gasteiger charge is 2.04. The predicted molar refractivity (Wildman–Crippen MR) is 56.6 cm³/mol. The van der Waals surface area contributed by atoms with E-state index in [1.54, 1.807) is 6.07 Å². The molecule has 4 nitrogen and oxygen atoms in total. The number of benzene rings is 1. The SMILES string of the molecule is COc1nc(=O)[nH]c2ccc(Br)cc12. The molecule has 1 heterocycles. The molecule has 0 saturated carbocycles. The number of H-pyrrole nitrogens is 1. The van der Waals surface area contributed by atoms with Gasteiger partial charge in [0.05, 0.1) is 18.0 Å². The van der Waals surface area contributed by atoms with Crippen molar-refractivity contribution in [1.29, 1.82) is 0 Å². The first-order valence-electron chi connectivity index (χ1n) is 3.94. The number of methoxy groups -OCH3 is 1. The highest BCUT2D eigenvalue weighted by atomic mass is 79.9. The molecule has 0 aliphatic rings. The van der Waals surface area contributed by atoms with Gasteiger partial charge in [-0.1, -0.05) is 15.9 Å². The van der Waals surface area contributed by atoms with E-state index in [9.17, 15) is 4.79 Å². The third-order valence-corrected chi connectivity index (χ3v) is 2.34. The molecular formula is C9H7BrN2O2. The predicted octanol–water partition coefficient (Wildman–Crippen LogP) is 1.69. The molecule has 0 unspecified atom stereocenters. The fourth-order valence-corrected chi connectivity index (χ4v) is 1.61. The van der Waals surface area contributed by atoms with E-state index in [0.29, 0.717) is 11.4 Å². The minimum absolute atomic E-state index is 0.338. The second-order valence-corrected chi connectivity index (χ2v) is 3.66. The zero-order valence-electron chi connectivity index (χ0n) is 7.37. The molecule has 2 aromatic rings. The Morgan fingerprint density at radius 2 is 2.29 bits per heavy atom. The van der Waals surface area contributed by atoms with Crippen molar-refractivity contribution in [2.75, 3.05) is 7.11 Å². The van der Waals surface area contributed by atoms with Gasteiger partial charge in [0.1, 0.15) is 0 Å². The van der Waals surface area contributed by atoms with Crippen molar-refractivity contribution < 1.29 is 4.74 Å². The molecule has 0 aliphatic carbocycles. The second-order valence-electron chi connectivity index (χ2n) is 2.74. The van der Waals surface area contributed by atoms with Crippen LogP contribution in [-0.2, 0) is 0 Å². The van der Waals surface area contributed by atoms with E-state index < -0.39 is 5.69 Å². The Hall–Kier alpha value is -1.36. The van der Waals surface area contributed by atoms with Crippen LogP contribution in [0.3, 0.4) is 0 Å². The van der Waals surface area contributed by atoms with E-state index in [1.165, 1.54) is 7.11 Å². The topological polar surface area (TPSA) is 55.0 Å². The van der Waals surface area contributed by atoms with Gasteiger partial charge in [-0.2, -0.15) is 4.98 Å². The lowest BCUT2D eigenvalue weighted by Gasteiger charge is -2.03. The maximum atomic E-state index is 11.1. The third kappa shape index (κ3) is 1.50. The first-order valence-corrected chi connectivity index (χ1v) is 4.73. The Morgan fingerprint density at radius 1 is 1.50 bits per heavy atom. The summed E-state index contributed by atoms with van der Waals surface area (Å²) >= 11 is 3.34. The lowest BCUT2D eigenvalue weighted by molar-refractivity contribution is 0.401. The number of aromatic amines is 1. The Bertz CT molecular complexity index is 536. The molecule has 5 heteroatoms. The third-order valence-electron chi connectivity index (χ3n) is 1.85. The number of nitrogens with zero attached hydrogens (tertiary/aromatic N) is 1. The van der Waals surface area contributed by atoms with Gasteiger partial charge in [0.2, 0.25) is 5.88 Å². The standard InChI is InChI=1S/C9H7BrN2O2/c1-14-8-6-4-5(10)2-3-7(6)11-9(13)12-8/h2-4H,1H3,(H,11,12,13). The van der Waals surface area contributed by atoms with Crippen LogP contribution in [0.25, 0.3) is 10.9 Å². The maximum absolute atomic E-state index is 11.1. The van der Waals surface area contributed by atoms with Crippen molar-refractivity contribution >= 4 is 26.8 Å². The number of ether oxygens (including phenoxy) is 1. The molecule has 14 heavy (non-hydrogen) atoms. The molecule has 0 atom stereocenters. The van der Waals surface area contributed by atoms with Crippen LogP contribution in [0, 0.1) is 0 Å². The van der Waals surface area contributed by atoms with Crippen molar-refractivity contribution in [3.8, 4) is 5.88 Å². The normalized spacial score (nSPS) is 10.4. The molecule has 0 radical (unpaired) electrons. The molecule has 1 N–H and O–H groups in total. The molecular weight excluding hydrogens is 248 g/mol. The van der Waals surface area contributed by atoms with Gasteiger partial charge in [0.25, 0.3) is 0 Å². The number of halogens is 1. The Morgan fingerprint density at radius 3 is 3.00 bits per heavy atom. The lowest BCUT2D eigenvalue weighted by atomic mass is 10.2. The minimum Gasteiger partial charge on any atom is -0.480 e. The average molecular weight is 255 g/mol. The number of hydrogen-bond acceptors (Lipinski definition) is 3. The van der Waals surface area contributed by atoms with Gasteiger partial charge in [0, 0.05) is 4.47 Å². The molecule has 1 aromatic heterocycles. The Labute approximate surface area is 88.1 Å². The van der Waals surface area contributed by atoms with Crippen molar-refractivity contribution in [3.05, 3.63) is 33.2 Å². The quantitative estimate of drug-likeness (QED) is 0.843. The van der Waals surface area contributed by atoms with Gasteiger partial charge >= 0.3 is 5.69 Å². The van der Waals surface area contributed by atoms with Crippen molar-refractivity contribution in [2.24, 2.45) is 0 Å². The fraction of sp³-hybridized carbons (Fsp3) is 0.111. The highest BCUT2D eigenvalue weighted by molar-refractivity contribution is 9.10. The molecule has 0 saturated heterocycles. The van der Waals surface area contributed by atoms with Crippen molar-refractivity contribution in [3.63, 3.8) is 0 Å². The van der Waals surface area contributed by atoms with Crippen LogP contribution in [-0.4, -0.2) is 17.1 Å². The second kappa shape index (κ2) is 3.42. The van der Waals surface area contributed by atoms with E-state index in [2.05, 4.69) is 25.9 Å². The van der Waals surface area contributed by atoms with Crippen LogP contribution in [0.15, 0.2) is 27.5 Å². The average Bonchev–Trinajstić information content (AvgIpc) is 2.17. The number of hydrogen-bond donors (Lipinski definition) is 1. The van der Waals surface area contributed by atoms with E-state index in [0.717, 1.165) is 9.86 Å². The number of rotatable bonds is 1. The molecule has 2 rings (SSSR count). The molecule has 0 bridgehead atoms. The van der Waals surface area contributed by atoms with Crippen LogP contribution in [0.1, 0.15) is 0 Å². The zero-order chi connectivity index (χ0) is 10.1. The van der Waals surface area contributed by atoms with Gasteiger partial charge in [-0.3, -0.25) is 0 Å². The first kappa shape index (κ1) is 9.21. The zero-order valence-corrected chi connectivity index (χ0v) is 8.96. The molecule has 72 valence electrons. The van der Waals surface area contributed by atoms with E-state index in [4.69, 9.17) is 4.74 Å². The molecule has 0 spiro atoms. The van der Waals surface area contributed by atoms with Gasteiger partial charge in [0.15, 0.2) is 0 Å². The summed E-state index contributed by atoms with van der Waals surface area (Å²) < 4.78 is 5.93. The Kier molecular flexibility index (Phi) is 2.25. The van der Waals surface area contributed by atoms with Crippen LogP contribution in [0.2, 0.25) is 0 Å². The number of nitrogens with one attached hydrogen (secondary N) is 1. The highest BCUT2D eigenvalue weighted by Crippen LogP contribution is 2.23. The molecule has 0 aliphatic heterocycles. The number of fused-ring (bicyclic) bond motifs is 1. The van der Waals surface area contributed by atoms with E-state index in [-0.39, 0.29) is 0 Å². The minimum atomic E-state index is -0.406. The summed E-state index contributed by atoms with van der Waals surface area (Å²) in [5, 5.41) is 0.779. The van der Waals surface area contributed by atoms with Crippen LogP contribution in [0.5, 0.6) is 5.88 Å². The van der Waals surface area contributed by atoms with Gasteiger partial charge in [-0.15, -0.1) is 0 Å². The van der Waals surface area contributed by atoms with Gasteiger partial charge in [-0.25, -0.2) is 4.79 Å². The van der Waals surface area contributed by atoms with Crippen molar-refractivity contribution in [2.45, 2.75) is 0 Å². The molecule has 1 aromatic carbocycles. The summed E-state index contributed by atoms with van der Waals surface area (Å²) in [6, 6.07) is 5.49. The summed E-state index contributed by atoms with van der Waals surface area (Å²) in [5.74, 6) is 0.338. The summed E-state index contributed by atoms with van der Waals surface area (Å²) in [6.07, 6.45) is 0. The molecule has 0 fully saturated rings. The monoisotopic (exact) mass is 254 g/mol. The van der Waals surface area contributed by atoms with E-state index >= 15 is 0 Å².